The van der Waals surface area contributed by atoms with E-state index in [-0.39, 0.29) is 19.4 Å². The minimum Gasteiger partial charge on any atom is -0.456 e. The Balaban J connectivity index is 1.44. The van der Waals surface area contributed by atoms with E-state index in [9.17, 15) is 9.59 Å². The summed E-state index contributed by atoms with van der Waals surface area (Å²) < 4.78 is 10.8. The fourth-order valence-corrected chi connectivity index (χ4v) is 2.76. The van der Waals surface area contributed by atoms with Gasteiger partial charge in [0.2, 0.25) is 11.7 Å². The van der Waals surface area contributed by atoms with Gasteiger partial charge in [0.25, 0.3) is 5.91 Å². The monoisotopic (exact) mass is 463 g/mol. The molecule has 0 aliphatic rings. The van der Waals surface area contributed by atoms with Crippen molar-refractivity contribution in [1.29, 1.82) is 0 Å². The highest BCUT2D eigenvalue weighted by atomic mass is 79.9. The number of ether oxygens (including phenoxy) is 1. The van der Waals surface area contributed by atoms with Gasteiger partial charge in [-0.25, -0.2) is 0 Å². The zero-order valence-corrected chi connectivity index (χ0v) is 16.9. The summed E-state index contributed by atoms with van der Waals surface area (Å²) in [4.78, 5) is 27.9. The molecule has 2 aromatic carbocycles. The summed E-state index contributed by atoms with van der Waals surface area (Å²) in [5.74, 6) is -0.246. The largest absolute Gasteiger partial charge is 0.456 e. The van der Waals surface area contributed by atoms with E-state index in [1.807, 2.05) is 6.07 Å². The number of amides is 1. The van der Waals surface area contributed by atoms with Crippen LogP contribution in [0.25, 0.3) is 11.4 Å². The molecule has 0 aliphatic heterocycles. The Morgan fingerprint density at radius 1 is 1.14 bits per heavy atom. The molecule has 0 atom stereocenters. The maximum Gasteiger partial charge on any atom is 0.306 e. The van der Waals surface area contributed by atoms with Crippen LogP contribution in [0.1, 0.15) is 12.3 Å². The molecule has 9 heteroatoms. The van der Waals surface area contributed by atoms with Gasteiger partial charge in [-0.05, 0) is 52.3 Å². The summed E-state index contributed by atoms with van der Waals surface area (Å²) in [5.41, 5.74) is 1.36. The highest BCUT2D eigenvalue weighted by Crippen LogP contribution is 2.21. The van der Waals surface area contributed by atoms with Crippen molar-refractivity contribution in [2.45, 2.75) is 12.8 Å². The smallest absolute Gasteiger partial charge is 0.306 e. The molecule has 7 nitrogen and oxygen atoms in total. The predicted molar refractivity (Wildman–Crippen MR) is 107 cm³/mol. The number of benzene rings is 2. The zero-order valence-electron chi connectivity index (χ0n) is 14.5. The maximum absolute atomic E-state index is 11.9. The van der Waals surface area contributed by atoms with E-state index in [0.29, 0.717) is 22.4 Å². The number of nitrogens with one attached hydrogen (secondary N) is 1. The topological polar surface area (TPSA) is 94.3 Å². The normalized spacial score (nSPS) is 10.5. The third-order valence-electron chi connectivity index (χ3n) is 3.63. The number of nitrogens with zero attached hydrogens (tertiary/aromatic N) is 2. The lowest BCUT2D eigenvalue weighted by atomic mass is 10.2. The quantitative estimate of drug-likeness (QED) is 0.525. The van der Waals surface area contributed by atoms with Gasteiger partial charge in [0, 0.05) is 21.5 Å². The molecular weight excluding hydrogens is 450 g/mol. The first-order valence-electron chi connectivity index (χ1n) is 8.30. The minimum atomic E-state index is -0.534. The Kier molecular flexibility index (Phi) is 6.78. The first kappa shape index (κ1) is 20.0. The average Bonchev–Trinajstić information content (AvgIpc) is 3.16. The Morgan fingerprint density at radius 2 is 1.89 bits per heavy atom. The standard InChI is InChI=1S/C19H15BrClN3O4/c20-14-3-1-2-4-15(14)22-16(25)11-27-18(26)10-9-17-23-19(24-28-17)12-5-7-13(21)8-6-12/h1-8H,9-11H2,(H,22,25). The third-order valence-corrected chi connectivity index (χ3v) is 4.57. The second-order valence-corrected chi connectivity index (χ2v) is 7.00. The van der Waals surface area contributed by atoms with Crippen LogP contribution < -0.4 is 5.32 Å². The number of carbonyl (C=O) groups is 2. The number of para-hydroxylation sites is 1. The molecule has 1 N–H and O–H groups in total. The Hall–Kier alpha value is -2.71. The lowest BCUT2D eigenvalue weighted by Crippen LogP contribution is -2.21. The van der Waals surface area contributed by atoms with Gasteiger partial charge in [-0.1, -0.05) is 28.9 Å². The Labute approximate surface area is 174 Å². The summed E-state index contributed by atoms with van der Waals surface area (Å²) in [6.07, 6.45) is 0.232. The fraction of sp³-hybridized carbons (Fsp3) is 0.158. The van der Waals surface area contributed by atoms with E-state index < -0.39 is 11.9 Å². The van der Waals surface area contributed by atoms with Crippen molar-refractivity contribution in [3.05, 3.63) is 63.9 Å². The predicted octanol–water partition coefficient (Wildman–Crippen LogP) is 4.27. The Morgan fingerprint density at radius 3 is 2.64 bits per heavy atom. The van der Waals surface area contributed by atoms with Gasteiger partial charge in [0.1, 0.15) is 0 Å². The van der Waals surface area contributed by atoms with Gasteiger partial charge in [0.05, 0.1) is 12.1 Å². The molecule has 3 rings (SSSR count). The van der Waals surface area contributed by atoms with Gasteiger partial charge in [-0.3, -0.25) is 9.59 Å². The van der Waals surface area contributed by atoms with Gasteiger partial charge >= 0.3 is 5.97 Å². The third kappa shape index (κ3) is 5.64. The van der Waals surface area contributed by atoms with Crippen LogP contribution in [0.2, 0.25) is 5.02 Å². The van der Waals surface area contributed by atoms with Crippen LogP contribution in [0.4, 0.5) is 5.69 Å². The van der Waals surface area contributed by atoms with Crippen molar-refractivity contribution in [3.8, 4) is 11.4 Å². The van der Waals surface area contributed by atoms with Crippen LogP contribution in [0.3, 0.4) is 0 Å². The molecule has 1 aromatic heterocycles. The molecule has 0 radical (unpaired) electrons. The zero-order chi connectivity index (χ0) is 19.9. The summed E-state index contributed by atoms with van der Waals surface area (Å²) in [5, 5.41) is 7.14. The lowest BCUT2D eigenvalue weighted by molar-refractivity contribution is -0.147. The van der Waals surface area contributed by atoms with Gasteiger partial charge in [0.15, 0.2) is 6.61 Å². The number of esters is 1. The minimum absolute atomic E-state index is 0.0184. The van der Waals surface area contributed by atoms with Crippen LogP contribution in [0, 0.1) is 0 Å². The molecule has 0 fully saturated rings. The number of halogens is 2. The van der Waals surface area contributed by atoms with Gasteiger partial charge < -0.3 is 14.6 Å². The molecule has 0 bridgehead atoms. The van der Waals surface area contributed by atoms with E-state index in [0.717, 1.165) is 10.0 Å². The van der Waals surface area contributed by atoms with Crippen LogP contribution in [0.5, 0.6) is 0 Å². The van der Waals surface area contributed by atoms with E-state index in [4.69, 9.17) is 20.9 Å². The number of carbonyl (C=O) groups excluding carboxylic acids is 2. The Bertz CT molecular complexity index is 975. The van der Waals surface area contributed by atoms with Crippen molar-refractivity contribution in [2.24, 2.45) is 0 Å². The summed E-state index contributed by atoms with van der Waals surface area (Å²) in [7, 11) is 0. The van der Waals surface area contributed by atoms with Crippen LogP contribution >= 0.6 is 27.5 Å². The van der Waals surface area contributed by atoms with Crippen LogP contribution in [0.15, 0.2) is 57.5 Å². The lowest BCUT2D eigenvalue weighted by Gasteiger charge is -2.07. The molecule has 144 valence electrons. The molecule has 3 aromatic rings. The first-order valence-corrected chi connectivity index (χ1v) is 9.47. The second kappa shape index (κ2) is 9.48. The molecule has 0 saturated carbocycles. The SMILES string of the molecule is O=C(COC(=O)CCc1nc(-c2ccc(Cl)cc2)no1)Nc1ccccc1Br. The van der Waals surface area contributed by atoms with Crippen molar-refractivity contribution >= 4 is 45.1 Å². The van der Waals surface area contributed by atoms with Crippen molar-refractivity contribution in [2.75, 3.05) is 11.9 Å². The number of hydrogen-bond acceptors (Lipinski definition) is 6. The number of anilines is 1. The molecule has 1 heterocycles. The van der Waals surface area contributed by atoms with Gasteiger partial charge in [-0.2, -0.15) is 4.98 Å². The number of rotatable bonds is 7. The number of hydrogen-bond donors (Lipinski definition) is 1. The van der Waals surface area contributed by atoms with Gasteiger partial charge in [-0.15, -0.1) is 0 Å². The highest BCUT2D eigenvalue weighted by molar-refractivity contribution is 9.10. The van der Waals surface area contributed by atoms with Crippen molar-refractivity contribution in [3.63, 3.8) is 0 Å². The summed E-state index contributed by atoms with van der Waals surface area (Å²) in [6, 6.07) is 14.1. The highest BCUT2D eigenvalue weighted by Gasteiger charge is 2.13. The first-order chi connectivity index (χ1) is 13.5. The van der Waals surface area contributed by atoms with Crippen molar-refractivity contribution < 1.29 is 18.8 Å². The maximum atomic E-state index is 11.9. The molecule has 28 heavy (non-hydrogen) atoms. The van der Waals surface area contributed by atoms with Crippen molar-refractivity contribution in [1.82, 2.24) is 10.1 Å². The molecule has 0 spiro atoms. The second-order valence-electron chi connectivity index (χ2n) is 5.71. The van der Waals surface area contributed by atoms with Crippen LogP contribution in [-0.2, 0) is 20.7 Å². The van der Waals surface area contributed by atoms with E-state index in [1.54, 1.807) is 42.5 Å². The van der Waals surface area contributed by atoms with E-state index in [2.05, 4.69) is 31.4 Å². The molecular formula is C19H15BrClN3O4. The molecule has 1 amide bonds. The summed E-state index contributed by atoms with van der Waals surface area (Å²) in [6.45, 7) is -0.375. The number of aryl methyl sites for hydroxylation is 1. The van der Waals surface area contributed by atoms with E-state index in [1.165, 1.54) is 0 Å². The average molecular weight is 465 g/mol. The molecule has 0 aliphatic carbocycles. The molecule has 0 unspecified atom stereocenters. The fourth-order valence-electron chi connectivity index (χ4n) is 2.25. The number of aromatic nitrogens is 2. The molecule has 0 saturated heterocycles. The summed E-state index contributed by atoms with van der Waals surface area (Å²) >= 11 is 9.17. The van der Waals surface area contributed by atoms with Crippen LogP contribution in [-0.4, -0.2) is 28.6 Å². The van der Waals surface area contributed by atoms with E-state index >= 15 is 0 Å².